The van der Waals surface area contributed by atoms with Gasteiger partial charge >= 0.3 is 5.97 Å². The highest BCUT2D eigenvalue weighted by molar-refractivity contribution is 6.04. The Kier molecular flexibility index (Phi) is 7.44. The molecule has 2 N–H and O–H groups in total. The Hall–Kier alpha value is -4.44. The monoisotopic (exact) mass is 547 g/mol. The minimum absolute atomic E-state index is 0.000868. The van der Waals surface area contributed by atoms with Crippen molar-refractivity contribution in [3.8, 4) is 5.69 Å². The zero-order valence-electron chi connectivity index (χ0n) is 21.7. The predicted octanol–water partition coefficient (Wildman–Crippen LogP) is 5.08. The molecular weight excluding hydrogens is 520 g/mol. The van der Waals surface area contributed by atoms with E-state index in [4.69, 9.17) is 14.9 Å². The van der Waals surface area contributed by atoms with Gasteiger partial charge in [0.15, 0.2) is 5.60 Å². The van der Waals surface area contributed by atoms with E-state index in [-0.39, 0.29) is 18.4 Å². The van der Waals surface area contributed by atoms with Crippen molar-refractivity contribution in [2.75, 3.05) is 0 Å². The number of carbonyl (C=O) groups is 1. The molecule has 10 heteroatoms. The molecule has 2 heterocycles. The van der Waals surface area contributed by atoms with Crippen LogP contribution in [0, 0.1) is 11.6 Å². The lowest BCUT2D eigenvalue weighted by atomic mass is 9.87. The molecule has 40 heavy (non-hydrogen) atoms. The van der Waals surface area contributed by atoms with Gasteiger partial charge in [0.2, 0.25) is 0 Å². The molecule has 0 amide bonds. The molecule has 0 radical (unpaired) electrons. The number of oxime groups is 1. The van der Waals surface area contributed by atoms with E-state index >= 15 is 0 Å². The Morgan fingerprint density at radius 2 is 1.73 bits per heavy atom. The molecule has 1 aromatic heterocycles. The summed E-state index contributed by atoms with van der Waals surface area (Å²) in [6.07, 6.45) is 0.438. The number of aliphatic hydroxyl groups is 1. The van der Waals surface area contributed by atoms with Gasteiger partial charge in [-0.2, -0.15) is 0 Å². The lowest BCUT2D eigenvalue weighted by Crippen LogP contribution is -2.33. The zero-order valence-corrected chi connectivity index (χ0v) is 21.7. The number of benzene rings is 3. The van der Waals surface area contributed by atoms with Gasteiger partial charge in [-0.25, -0.2) is 13.8 Å². The number of unbranched alkanes of at least 4 members (excludes halogenated alkanes) is 1. The van der Waals surface area contributed by atoms with Gasteiger partial charge in [-0.3, -0.25) is 14.2 Å². The summed E-state index contributed by atoms with van der Waals surface area (Å²) in [5.41, 5.74) is 1.16. The van der Waals surface area contributed by atoms with E-state index < -0.39 is 29.3 Å². The number of halogens is 2. The molecule has 2 atom stereocenters. The molecule has 1 aliphatic rings. The van der Waals surface area contributed by atoms with Gasteiger partial charge in [0.25, 0.3) is 5.56 Å². The third-order valence-corrected chi connectivity index (χ3v) is 7.04. The van der Waals surface area contributed by atoms with Crippen LogP contribution in [0.15, 0.2) is 76.7 Å². The average molecular weight is 548 g/mol. The fraction of sp³-hybridized carbons (Fsp3) is 0.267. The van der Waals surface area contributed by atoms with Crippen LogP contribution in [0.2, 0.25) is 0 Å². The standard InChI is InChI=1S/C30H27F2N3O5/c1-30(28(38)18-6-9-20(31)10-7-18)17-25(34-40-30)19-8-15-23-24(16-19)33-26(4-2-3-5-27(36)37)35(29(23)39)22-13-11-21(32)12-14-22/h6-16,28,38H,2-5,17H2,1H3,(H,36,37)/t28-,30+/m0/s1. The van der Waals surface area contributed by atoms with Crippen molar-refractivity contribution in [1.82, 2.24) is 9.55 Å². The van der Waals surface area contributed by atoms with E-state index in [1.54, 1.807) is 25.1 Å². The number of nitrogens with zero attached hydrogens (tertiary/aromatic N) is 3. The van der Waals surface area contributed by atoms with Gasteiger partial charge < -0.3 is 15.1 Å². The molecule has 0 fully saturated rings. The highest BCUT2D eigenvalue weighted by Crippen LogP contribution is 2.38. The summed E-state index contributed by atoms with van der Waals surface area (Å²) < 4.78 is 28.3. The normalized spacial score (nSPS) is 17.4. The van der Waals surface area contributed by atoms with Crippen LogP contribution in [0.25, 0.3) is 16.6 Å². The van der Waals surface area contributed by atoms with Crippen LogP contribution in [-0.4, -0.2) is 37.0 Å². The second-order valence-corrected chi connectivity index (χ2v) is 10.1. The largest absolute Gasteiger partial charge is 0.481 e. The molecule has 3 aromatic carbocycles. The molecule has 0 spiro atoms. The number of carboxylic acids is 1. The van der Waals surface area contributed by atoms with E-state index in [2.05, 4.69) is 5.16 Å². The Morgan fingerprint density at radius 3 is 2.40 bits per heavy atom. The van der Waals surface area contributed by atoms with Crippen LogP contribution >= 0.6 is 0 Å². The second kappa shape index (κ2) is 11.0. The number of aliphatic carboxylic acids is 1. The molecule has 0 unspecified atom stereocenters. The number of aryl methyl sites for hydroxylation is 1. The summed E-state index contributed by atoms with van der Waals surface area (Å²) in [5.74, 6) is -1.32. The first-order valence-electron chi connectivity index (χ1n) is 12.9. The Bertz CT molecular complexity index is 1650. The maximum atomic E-state index is 13.6. The maximum Gasteiger partial charge on any atom is 0.303 e. The average Bonchev–Trinajstić information content (AvgIpc) is 3.35. The van der Waals surface area contributed by atoms with Gasteiger partial charge in [0, 0.05) is 24.8 Å². The second-order valence-electron chi connectivity index (χ2n) is 10.1. The van der Waals surface area contributed by atoms with Crippen LogP contribution in [0.4, 0.5) is 8.78 Å². The summed E-state index contributed by atoms with van der Waals surface area (Å²) in [5, 5.41) is 24.5. The Balaban J connectivity index is 1.47. The minimum atomic E-state index is -1.09. The number of rotatable bonds is 9. The number of hydrogen-bond acceptors (Lipinski definition) is 6. The van der Waals surface area contributed by atoms with E-state index in [1.807, 2.05) is 0 Å². The summed E-state index contributed by atoms with van der Waals surface area (Å²) in [6.45, 7) is 1.72. The van der Waals surface area contributed by atoms with Gasteiger partial charge in [0.1, 0.15) is 23.6 Å². The van der Waals surface area contributed by atoms with Crippen LogP contribution in [0.1, 0.15) is 55.7 Å². The van der Waals surface area contributed by atoms with Crippen LogP contribution < -0.4 is 5.56 Å². The van der Waals surface area contributed by atoms with E-state index in [1.165, 1.54) is 53.1 Å². The number of aromatic nitrogens is 2. The third-order valence-electron chi connectivity index (χ3n) is 7.04. The van der Waals surface area contributed by atoms with E-state index in [0.29, 0.717) is 58.5 Å². The van der Waals surface area contributed by atoms with E-state index in [9.17, 15) is 23.5 Å². The lowest BCUT2D eigenvalue weighted by Gasteiger charge is -2.27. The molecule has 0 bridgehead atoms. The predicted molar refractivity (Wildman–Crippen MR) is 144 cm³/mol. The van der Waals surface area contributed by atoms with Crippen molar-refractivity contribution in [2.24, 2.45) is 5.16 Å². The number of carboxylic acid groups (broad SMARTS) is 1. The van der Waals surface area contributed by atoms with Crippen molar-refractivity contribution < 1.29 is 28.6 Å². The molecule has 1 aliphatic heterocycles. The summed E-state index contributed by atoms with van der Waals surface area (Å²) >= 11 is 0. The maximum absolute atomic E-state index is 13.6. The van der Waals surface area contributed by atoms with Gasteiger partial charge in [-0.1, -0.05) is 23.4 Å². The smallest absolute Gasteiger partial charge is 0.303 e. The molecule has 0 saturated heterocycles. The number of hydrogen-bond donors (Lipinski definition) is 2. The van der Waals surface area contributed by atoms with Gasteiger partial charge in [-0.05, 0) is 73.9 Å². The number of fused-ring (bicyclic) bond motifs is 1. The quantitative estimate of drug-likeness (QED) is 0.283. The highest BCUT2D eigenvalue weighted by atomic mass is 19.1. The fourth-order valence-electron chi connectivity index (χ4n) is 4.85. The molecule has 8 nitrogen and oxygen atoms in total. The first-order chi connectivity index (χ1) is 19.1. The summed E-state index contributed by atoms with van der Waals surface area (Å²) in [6, 6.07) is 16.1. The van der Waals surface area contributed by atoms with Gasteiger partial charge in [-0.15, -0.1) is 0 Å². The molecular formula is C30H27F2N3O5. The van der Waals surface area contributed by atoms with Crippen molar-refractivity contribution in [1.29, 1.82) is 0 Å². The first-order valence-corrected chi connectivity index (χ1v) is 12.9. The zero-order chi connectivity index (χ0) is 28.4. The Labute approximate surface area is 228 Å². The van der Waals surface area contributed by atoms with Crippen molar-refractivity contribution in [3.63, 3.8) is 0 Å². The van der Waals surface area contributed by atoms with E-state index in [0.717, 1.165) is 0 Å². The molecule has 0 saturated carbocycles. The number of aliphatic hydroxyl groups excluding tert-OH is 1. The third kappa shape index (κ3) is 5.48. The molecule has 5 rings (SSSR count). The van der Waals surface area contributed by atoms with Crippen molar-refractivity contribution in [2.45, 2.75) is 50.7 Å². The summed E-state index contributed by atoms with van der Waals surface area (Å²) in [4.78, 5) is 35.0. The highest BCUT2D eigenvalue weighted by Gasteiger charge is 2.42. The molecule has 0 aliphatic carbocycles. The SMILES string of the molecule is C[C@]1([C@@H](O)c2ccc(F)cc2)CC(c2ccc3c(=O)n(-c4ccc(F)cc4)c(CCCCC(=O)O)nc3c2)=NO1. The van der Waals surface area contributed by atoms with Gasteiger partial charge in [0.05, 0.1) is 22.3 Å². The van der Waals surface area contributed by atoms with Crippen LogP contribution in [0.3, 0.4) is 0 Å². The molecule has 206 valence electrons. The van der Waals surface area contributed by atoms with Crippen molar-refractivity contribution >= 4 is 22.6 Å². The topological polar surface area (TPSA) is 114 Å². The molecule has 4 aromatic rings. The van der Waals surface area contributed by atoms with Crippen LogP contribution in [0.5, 0.6) is 0 Å². The Morgan fingerprint density at radius 1 is 1.05 bits per heavy atom. The fourth-order valence-corrected chi connectivity index (χ4v) is 4.85. The first kappa shape index (κ1) is 27.1. The lowest BCUT2D eigenvalue weighted by molar-refractivity contribution is -0.137. The van der Waals surface area contributed by atoms with Crippen LogP contribution in [-0.2, 0) is 16.1 Å². The summed E-state index contributed by atoms with van der Waals surface area (Å²) in [7, 11) is 0. The minimum Gasteiger partial charge on any atom is -0.481 e. The van der Waals surface area contributed by atoms with Crippen molar-refractivity contribution in [3.05, 3.63) is 106 Å².